The van der Waals surface area contributed by atoms with E-state index >= 15 is 0 Å². The molecule has 3 aromatic rings. The van der Waals surface area contributed by atoms with Crippen LogP contribution in [-0.2, 0) is 0 Å². The molecule has 0 radical (unpaired) electrons. The van der Waals surface area contributed by atoms with Crippen molar-refractivity contribution in [1.29, 1.82) is 0 Å². The van der Waals surface area contributed by atoms with E-state index in [1.54, 1.807) is 14.1 Å². The maximum Gasteiger partial charge on any atom is 0.273 e. The molecule has 0 atom stereocenters. The van der Waals surface area contributed by atoms with Crippen LogP contribution >= 0.6 is 0 Å². The van der Waals surface area contributed by atoms with E-state index in [1.807, 2.05) is 12.1 Å². The molecule has 2 aromatic heterocycles. The lowest BCUT2D eigenvalue weighted by Gasteiger charge is -2.10. The van der Waals surface area contributed by atoms with E-state index < -0.39 is 0 Å². The van der Waals surface area contributed by atoms with Crippen molar-refractivity contribution < 1.29 is 4.79 Å². The molecule has 1 amide bonds. The first-order valence-electron chi connectivity index (χ1n) is 8.98. The van der Waals surface area contributed by atoms with Crippen molar-refractivity contribution in [3.8, 4) is 11.3 Å². The zero-order valence-corrected chi connectivity index (χ0v) is 15.0. The molecular weight excluding hydrogens is 328 g/mol. The largest absolute Gasteiger partial charge is 0.345 e. The molecule has 1 aromatic carbocycles. The van der Waals surface area contributed by atoms with Gasteiger partial charge < -0.3 is 4.90 Å². The Kier molecular flexibility index (Phi) is 4.11. The number of rotatable bonds is 3. The number of hydrogen-bond donors (Lipinski definition) is 1. The Morgan fingerprint density at radius 3 is 2.54 bits per heavy atom. The zero-order chi connectivity index (χ0) is 18.3. The van der Waals surface area contributed by atoms with Crippen LogP contribution in [0.4, 0.5) is 0 Å². The average Bonchev–Trinajstić information content (AvgIpc) is 3.31. The molecule has 1 saturated carbocycles. The van der Waals surface area contributed by atoms with Crippen molar-refractivity contribution in [3.63, 3.8) is 0 Å². The summed E-state index contributed by atoms with van der Waals surface area (Å²) in [5, 5.41) is 2.81. The third-order valence-electron chi connectivity index (χ3n) is 5.17. The van der Waals surface area contributed by atoms with E-state index in [9.17, 15) is 9.59 Å². The fraction of sp³-hybridized carbons (Fsp3) is 0.350. The minimum Gasteiger partial charge on any atom is -0.345 e. The first-order chi connectivity index (χ1) is 12.5. The van der Waals surface area contributed by atoms with Crippen LogP contribution in [0.2, 0.25) is 0 Å². The van der Waals surface area contributed by atoms with Gasteiger partial charge in [-0.25, -0.2) is 9.50 Å². The van der Waals surface area contributed by atoms with Crippen LogP contribution in [0, 0.1) is 0 Å². The monoisotopic (exact) mass is 350 g/mol. The predicted octanol–water partition coefficient (Wildman–Crippen LogP) is 3.05. The highest BCUT2D eigenvalue weighted by atomic mass is 16.2. The molecule has 0 spiro atoms. The Balaban J connectivity index is 1.75. The first-order valence-corrected chi connectivity index (χ1v) is 8.98. The van der Waals surface area contributed by atoms with Crippen LogP contribution in [0.5, 0.6) is 0 Å². The summed E-state index contributed by atoms with van der Waals surface area (Å²) < 4.78 is 1.30. The van der Waals surface area contributed by atoms with Crippen molar-refractivity contribution in [2.75, 3.05) is 14.1 Å². The molecule has 1 fully saturated rings. The number of carbonyl (C=O) groups excluding carboxylic acids is 1. The molecule has 6 nitrogen and oxygen atoms in total. The third kappa shape index (κ3) is 2.81. The van der Waals surface area contributed by atoms with Crippen molar-refractivity contribution in [2.24, 2.45) is 0 Å². The lowest BCUT2D eigenvalue weighted by Crippen LogP contribution is -2.22. The lowest BCUT2D eigenvalue weighted by molar-refractivity contribution is 0.0829. The van der Waals surface area contributed by atoms with E-state index in [0.29, 0.717) is 22.8 Å². The molecule has 2 heterocycles. The Bertz CT molecular complexity index is 1010. The van der Waals surface area contributed by atoms with Crippen LogP contribution in [0.15, 0.2) is 41.3 Å². The van der Waals surface area contributed by atoms with Crippen molar-refractivity contribution in [1.82, 2.24) is 19.5 Å². The lowest BCUT2D eigenvalue weighted by atomic mass is 9.96. The van der Waals surface area contributed by atoms with Gasteiger partial charge in [0, 0.05) is 31.9 Å². The fourth-order valence-electron chi connectivity index (χ4n) is 3.71. The van der Waals surface area contributed by atoms with Crippen LogP contribution in [0.25, 0.3) is 16.9 Å². The second-order valence-electron chi connectivity index (χ2n) is 7.13. The van der Waals surface area contributed by atoms with Gasteiger partial charge in [0.25, 0.3) is 11.5 Å². The summed E-state index contributed by atoms with van der Waals surface area (Å²) in [5.74, 6) is 0.462. The van der Waals surface area contributed by atoms with Gasteiger partial charge in [-0.1, -0.05) is 37.1 Å². The highest BCUT2D eigenvalue weighted by Crippen LogP contribution is 2.34. The average molecular weight is 350 g/mol. The number of aromatic amines is 1. The highest BCUT2D eigenvalue weighted by molar-refractivity contribution is 5.99. The Labute approximate surface area is 151 Å². The smallest absolute Gasteiger partial charge is 0.273 e. The first kappa shape index (κ1) is 16.6. The van der Waals surface area contributed by atoms with E-state index in [2.05, 4.69) is 22.2 Å². The number of carbonyl (C=O) groups is 1. The summed E-state index contributed by atoms with van der Waals surface area (Å²) in [4.78, 5) is 30.8. The molecule has 4 rings (SSSR count). The van der Waals surface area contributed by atoms with Crippen LogP contribution in [0.1, 0.15) is 47.5 Å². The molecule has 1 aliphatic carbocycles. The number of amides is 1. The van der Waals surface area contributed by atoms with Crippen molar-refractivity contribution in [3.05, 3.63) is 58.0 Å². The summed E-state index contributed by atoms with van der Waals surface area (Å²) >= 11 is 0. The zero-order valence-electron chi connectivity index (χ0n) is 15.0. The summed E-state index contributed by atoms with van der Waals surface area (Å²) in [6, 6.07) is 9.81. The van der Waals surface area contributed by atoms with Gasteiger partial charge in [0.05, 0.1) is 5.69 Å². The minimum absolute atomic E-state index is 0.190. The molecule has 0 unspecified atom stereocenters. The summed E-state index contributed by atoms with van der Waals surface area (Å²) in [6.45, 7) is 0. The number of hydrogen-bond acceptors (Lipinski definition) is 3. The summed E-state index contributed by atoms with van der Waals surface area (Å²) in [5.41, 5.74) is 3.33. The maximum absolute atomic E-state index is 12.4. The molecule has 1 N–H and O–H groups in total. The summed E-state index contributed by atoms with van der Waals surface area (Å²) in [7, 11) is 3.35. The van der Waals surface area contributed by atoms with Gasteiger partial charge in [-0.15, -0.1) is 0 Å². The molecule has 0 bridgehead atoms. The topological polar surface area (TPSA) is 70.5 Å². The minimum atomic E-state index is -0.234. The third-order valence-corrected chi connectivity index (χ3v) is 5.17. The molecule has 134 valence electrons. The van der Waals surface area contributed by atoms with Crippen LogP contribution in [-0.4, -0.2) is 39.5 Å². The van der Waals surface area contributed by atoms with Gasteiger partial charge in [-0.2, -0.15) is 0 Å². The van der Waals surface area contributed by atoms with E-state index in [-0.39, 0.29) is 11.5 Å². The molecule has 6 heteroatoms. The molecular formula is C20H22N4O2. The predicted molar refractivity (Wildman–Crippen MR) is 100 cm³/mol. The number of nitrogens with one attached hydrogen (secondary N) is 1. The Hall–Kier alpha value is -2.89. The Morgan fingerprint density at radius 2 is 1.88 bits per heavy atom. The van der Waals surface area contributed by atoms with Gasteiger partial charge >= 0.3 is 0 Å². The molecule has 0 saturated heterocycles. The van der Waals surface area contributed by atoms with Crippen molar-refractivity contribution >= 4 is 11.6 Å². The van der Waals surface area contributed by atoms with Gasteiger partial charge in [-0.05, 0) is 24.3 Å². The normalized spacial score (nSPS) is 14.8. The quantitative estimate of drug-likeness (QED) is 0.789. The van der Waals surface area contributed by atoms with E-state index in [4.69, 9.17) is 0 Å². The molecule has 1 aliphatic rings. The van der Waals surface area contributed by atoms with Gasteiger partial charge in [0.15, 0.2) is 5.65 Å². The number of fused-ring (bicyclic) bond motifs is 1. The van der Waals surface area contributed by atoms with Gasteiger partial charge in [0.1, 0.15) is 5.56 Å². The number of benzene rings is 1. The maximum atomic E-state index is 12.4. The standard InChI is InChI=1S/C20H22N4O2/c1-23(2)20(26)16-12-21-24-18(25)11-17(22-19(16)24)15-9-7-14(8-10-15)13-5-3-4-6-13/h7-13,21H,3-6H2,1-2H3. The van der Waals surface area contributed by atoms with Crippen LogP contribution in [0.3, 0.4) is 0 Å². The SMILES string of the molecule is CN(C)C(=O)c1c[nH]n2c(=O)cc(-c3ccc(C4CCCC4)cc3)nc12. The van der Waals surface area contributed by atoms with Gasteiger partial charge in [-0.3, -0.25) is 14.7 Å². The second kappa shape index (κ2) is 6.44. The number of aromatic nitrogens is 3. The van der Waals surface area contributed by atoms with Crippen molar-refractivity contribution in [2.45, 2.75) is 31.6 Å². The summed E-state index contributed by atoms with van der Waals surface area (Å²) in [6.07, 6.45) is 6.64. The number of H-pyrrole nitrogens is 1. The van der Waals surface area contributed by atoms with E-state index in [0.717, 1.165) is 5.56 Å². The number of nitrogens with zero attached hydrogens (tertiary/aromatic N) is 3. The second-order valence-corrected chi connectivity index (χ2v) is 7.13. The van der Waals surface area contributed by atoms with E-state index in [1.165, 1.54) is 52.9 Å². The molecule has 26 heavy (non-hydrogen) atoms. The highest BCUT2D eigenvalue weighted by Gasteiger charge is 2.19. The van der Waals surface area contributed by atoms with Gasteiger partial charge in [0.2, 0.25) is 0 Å². The fourth-order valence-corrected chi connectivity index (χ4v) is 3.71. The molecule has 0 aliphatic heterocycles. The van der Waals surface area contributed by atoms with Crippen LogP contribution < -0.4 is 5.56 Å². The Morgan fingerprint density at radius 1 is 1.19 bits per heavy atom.